The Morgan fingerprint density at radius 2 is 0.472 bits per heavy atom. The Hall–Kier alpha value is -8.22. The molecule has 0 saturated heterocycles. The molecule has 0 saturated carbocycles. The molecule has 5 heterocycles. The molecule has 8 bridgehead atoms. The predicted octanol–water partition coefficient (Wildman–Crippen LogP) is 26.3. The van der Waals surface area contributed by atoms with Gasteiger partial charge < -0.3 is 37.9 Å². The van der Waals surface area contributed by atoms with Gasteiger partial charge in [-0.3, -0.25) is 0 Å². The van der Waals surface area contributed by atoms with Gasteiger partial charge in [0.05, 0.1) is 91.9 Å². The molecule has 5 aliphatic heterocycles. The summed E-state index contributed by atoms with van der Waals surface area (Å²) in [7, 11) is 0. The van der Waals surface area contributed by atoms with Gasteiger partial charge in [-0.1, -0.05) is 227 Å². The van der Waals surface area contributed by atoms with Crippen LogP contribution in [0.2, 0.25) is 0 Å². The first-order chi connectivity index (χ1) is 53.3. The van der Waals surface area contributed by atoms with Gasteiger partial charge in [0.15, 0.2) is 0 Å². The molecular formula is C96H130N4O8. The molecule has 108 heavy (non-hydrogen) atoms. The minimum atomic E-state index is 0.597. The number of ether oxygens (including phenoxy) is 8. The lowest BCUT2D eigenvalue weighted by Gasteiger charge is -2.17. The smallest absolute Gasteiger partial charge is 0.123 e. The monoisotopic (exact) mass is 1470 g/mol. The average molecular weight is 1470 g/mol. The number of allylic oxidation sites excluding steroid dienone is 12. The fourth-order valence-corrected chi connectivity index (χ4v) is 14.1. The van der Waals surface area contributed by atoms with Crippen molar-refractivity contribution in [3.63, 3.8) is 0 Å². The second-order valence-corrected chi connectivity index (χ2v) is 29.5. The molecule has 5 aliphatic rings. The lowest BCUT2D eigenvalue weighted by molar-refractivity contribution is 0.134. The average Bonchev–Trinajstić information content (AvgIpc) is 1.61. The number of hydrogen-bond acceptors (Lipinski definition) is 12. The summed E-state index contributed by atoms with van der Waals surface area (Å²) in [4.78, 5) is 23.1. The summed E-state index contributed by atoms with van der Waals surface area (Å²) in [6.45, 7) is 23.2. The van der Waals surface area contributed by atoms with Crippen LogP contribution in [0.4, 0.5) is 0 Å². The Kier molecular flexibility index (Phi) is 38.1. The van der Waals surface area contributed by atoms with Crippen LogP contribution in [0.1, 0.15) is 289 Å². The third-order valence-electron chi connectivity index (χ3n) is 20.3. The summed E-state index contributed by atoms with van der Waals surface area (Å²) in [5.41, 5.74) is 13.1. The van der Waals surface area contributed by atoms with Gasteiger partial charge in [-0.2, -0.15) is 0 Å². The molecule has 4 aromatic carbocycles. The van der Waals surface area contributed by atoms with Crippen molar-refractivity contribution in [2.24, 2.45) is 20.0 Å². The fourth-order valence-electron chi connectivity index (χ4n) is 14.1. The van der Waals surface area contributed by atoms with E-state index in [1.54, 1.807) is 0 Å². The molecule has 0 amide bonds. The molecule has 582 valence electrons. The number of hydrogen-bond donors (Lipinski definition) is 0. The van der Waals surface area contributed by atoms with Gasteiger partial charge in [0.1, 0.15) is 40.2 Å². The van der Waals surface area contributed by atoms with E-state index < -0.39 is 0 Å². The van der Waals surface area contributed by atoms with Crippen molar-refractivity contribution < 1.29 is 37.9 Å². The van der Waals surface area contributed by atoms with Gasteiger partial charge >= 0.3 is 0 Å². The van der Waals surface area contributed by atoms with Gasteiger partial charge in [0.2, 0.25) is 0 Å². The molecule has 0 N–H and O–H groups in total. The standard InChI is InChI=1S/C96H130N4O8/c1-8-15-22-37-59-103-79-65-75(66-80(71-79)104-60-38-23-16-9-2)94-87-50-48-85(97-87)93(74-44-46-78(47-45-74)102-58-43-35-33-31-29-28-30-32-34-36-57-101-56-21-14-7)86-49-51-88(98-86)95(76-67-81(105-61-39-24-17-10-3)72-82(68-76)106-62-40-25-18-11-4)90-53-55-92(100-90)96(91-54-52-89(94)99-91)77-69-83(107-63-41-26-19-12-5)73-84(70-77)108-64-42-27-20-13-6/h14,44-55,65-73H,7-13,15-43,56-64H2,1-6H3. The Morgan fingerprint density at radius 3 is 0.731 bits per heavy atom. The van der Waals surface area contributed by atoms with Crippen molar-refractivity contribution in [1.29, 1.82) is 0 Å². The second kappa shape index (κ2) is 49.0. The zero-order valence-electron chi connectivity index (χ0n) is 67.1. The van der Waals surface area contributed by atoms with E-state index in [9.17, 15) is 0 Å². The van der Waals surface area contributed by atoms with Crippen LogP contribution in [0.15, 0.2) is 183 Å². The number of fused-ring (bicyclic) bond motifs is 4. The molecule has 12 nitrogen and oxygen atoms in total. The summed E-state index contributed by atoms with van der Waals surface area (Å²) in [5, 5.41) is 0. The van der Waals surface area contributed by atoms with Crippen LogP contribution in [-0.2, 0) is 4.74 Å². The Morgan fingerprint density at radius 1 is 0.241 bits per heavy atom. The molecule has 0 aliphatic carbocycles. The predicted molar refractivity (Wildman–Crippen MR) is 455 cm³/mol. The van der Waals surface area contributed by atoms with Crippen LogP contribution in [0, 0.1) is 0 Å². The summed E-state index contributed by atoms with van der Waals surface area (Å²) in [6.07, 6.45) is 58.5. The van der Waals surface area contributed by atoms with Crippen LogP contribution >= 0.6 is 0 Å². The number of nitrogens with zero attached hydrogens (tertiary/aromatic N) is 4. The maximum atomic E-state index is 6.73. The molecule has 9 rings (SSSR count). The normalized spacial score (nSPS) is 14.4. The molecule has 12 heteroatoms. The minimum absolute atomic E-state index is 0.597. The van der Waals surface area contributed by atoms with Gasteiger partial charge in [0.25, 0.3) is 0 Å². The molecule has 0 spiro atoms. The molecule has 0 atom stereocenters. The van der Waals surface area contributed by atoms with Gasteiger partial charge in [-0.05, 0) is 177 Å². The number of aliphatic imine (C=N–C) groups is 4. The van der Waals surface area contributed by atoms with Gasteiger partial charge in [-0.15, -0.1) is 6.58 Å². The van der Waals surface area contributed by atoms with Crippen molar-refractivity contribution in [3.8, 4) is 40.2 Å². The maximum Gasteiger partial charge on any atom is 0.123 e. The first kappa shape index (κ1) is 83.8. The Bertz CT molecular complexity index is 3660. The van der Waals surface area contributed by atoms with E-state index in [1.807, 2.05) is 6.08 Å². The minimum Gasteiger partial charge on any atom is -0.494 e. The van der Waals surface area contributed by atoms with Crippen molar-refractivity contribution in [1.82, 2.24) is 0 Å². The SMILES string of the molecule is C=CCCOCCCCCCCCCCCCOc1ccc(C2=C3C=CC(=N3)C(c3cc(OCCCCCC)cc(OCCCCCC)c3)=C3C=CC(=N3)C(c3cc(OCCCCCC)cc(OCCCCCC)c3)=C3C=CC(=N3)C(c3cc(OCCCCCC)cc(OCCCCCC)c3)=C3C=CC2=N3)cc1. The van der Waals surface area contributed by atoms with Crippen molar-refractivity contribution in [3.05, 3.63) is 185 Å². The highest BCUT2D eigenvalue weighted by molar-refractivity contribution is 6.39. The molecule has 4 aromatic rings. The summed E-state index contributed by atoms with van der Waals surface area (Å²) < 4.78 is 52.6. The number of unbranched alkanes of at least 4 members (excludes halogenated alkanes) is 27. The first-order valence-electron chi connectivity index (χ1n) is 42.5. The van der Waals surface area contributed by atoms with Crippen molar-refractivity contribution in [2.45, 2.75) is 266 Å². The quantitative estimate of drug-likeness (QED) is 0.0316. The summed E-state index contributed by atoms with van der Waals surface area (Å²) >= 11 is 0. The van der Waals surface area contributed by atoms with Crippen LogP contribution in [0.3, 0.4) is 0 Å². The summed E-state index contributed by atoms with van der Waals surface area (Å²) in [5.74, 6) is 5.33. The van der Waals surface area contributed by atoms with Crippen LogP contribution in [0.25, 0.3) is 22.3 Å². The highest BCUT2D eigenvalue weighted by Crippen LogP contribution is 2.43. The molecule has 0 fully saturated rings. The first-order valence-corrected chi connectivity index (χ1v) is 42.5. The van der Waals surface area contributed by atoms with E-state index in [2.05, 4.69) is 176 Å². The zero-order valence-corrected chi connectivity index (χ0v) is 67.1. The molecule has 0 unspecified atom stereocenters. The van der Waals surface area contributed by atoms with Crippen molar-refractivity contribution >= 4 is 45.1 Å². The fraction of sp³-hybridized carbons (Fsp3) is 0.521. The Balaban J connectivity index is 1.18. The van der Waals surface area contributed by atoms with Crippen LogP contribution < -0.4 is 33.2 Å². The maximum absolute atomic E-state index is 6.73. The Labute approximate surface area is 650 Å². The highest BCUT2D eigenvalue weighted by Gasteiger charge is 2.30. The summed E-state index contributed by atoms with van der Waals surface area (Å²) in [6, 6.07) is 27.6. The highest BCUT2D eigenvalue weighted by atomic mass is 16.5. The van der Waals surface area contributed by atoms with E-state index >= 15 is 0 Å². The van der Waals surface area contributed by atoms with E-state index in [-0.39, 0.29) is 0 Å². The third kappa shape index (κ3) is 27.7. The lowest BCUT2D eigenvalue weighted by atomic mass is 9.97. The van der Waals surface area contributed by atoms with E-state index in [0.29, 0.717) is 46.2 Å². The van der Waals surface area contributed by atoms with E-state index in [4.69, 9.17) is 57.9 Å². The van der Waals surface area contributed by atoms with Crippen molar-refractivity contribution in [2.75, 3.05) is 59.5 Å². The molecular weight excluding hydrogens is 1340 g/mol. The largest absolute Gasteiger partial charge is 0.494 e. The molecule has 0 aromatic heterocycles. The third-order valence-corrected chi connectivity index (χ3v) is 20.3. The molecule has 0 radical (unpaired) electrons. The topological polar surface area (TPSA) is 123 Å². The second-order valence-electron chi connectivity index (χ2n) is 29.5. The number of benzene rings is 4. The van der Waals surface area contributed by atoms with Gasteiger partial charge in [0, 0.05) is 53.7 Å². The number of rotatable bonds is 57. The van der Waals surface area contributed by atoms with E-state index in [1.165, 1.54) is 70.6 Å². The lowest BCUT2D eigenvalue weighted by Crippen LogP contribution is -2.06. The zero-order chi connectivity index (χ0) is 75.4. The van der Waals surface area contributed by atoms with Crippen LogP contribution in [-0.4, -0.2) is 82.3 Å². The van der Waals surface area contributed by atoms with Gasteiger partial charge in [-0.25, -0.2) is 20.0 Å². The van der Waals surface area contributed by atoms with E-state index in [0.717, 1.165) is 298 Å². The van der Waals surface area contributed by atoms with Crippen LogP contribution in [0.5, 0.6) is 40.2 Å².